The van der Waals surface area contributed by atoms with Gasteiger partial charge in [-0.3, -0.25) is 0 Å². The van der Waals surface area contributed by atoms with Crippen molar-refractivity contribution in [3.8, 4) is 0 Å². The van der Waals surface area contributed by atoms with Gasteiger partial charge >= 0.3 is 0 Å². The van der Waals surface area contributed by atoms with Crippen molar-refractivity contribution in [2.45, 2.75) is 31.9 Å². The summed E-state index contributed by atoms with van der Waals surface area (Å²) in [7, 11) is 0. The molecule has 0 radical (unpaired) electrons. The topological polar surface area (TPSA) is 25.2 Å². The van der Waals surface area contributed by atoms with Crippen molar-refractivity contribution in [1.82, 2.24) is 0 Å². The Morgan fingerprint density at radius 3 is 2.55 bits per heavy atom. The van der Waals surface area contributed by atoms with Gasteiger partial charge in [-0.2, -0.15) is 8.78 Å². The first-order chi connectivity index (χ1) is 9.54. The molecule has 0 bridgehead atoms. The van der Waals surface area contributed by atoms with E-state index in [1.54, 1.807) is 6.07 Å². The van der Waals surface area contributed by atoms with Crippen molar-refractivity contribution in [3.63, 3.8) is 0 Å². The third-order valence-corrected chi connectivity index (χ3v) is 3.75. The number of hydrogen-bond acceptors (Lipinski definition) is 3. The first-order valence-electron chi connectivity index (χ1n) is 6.33. The van der Waals surface area contributed by atoms with Crippen molar-refractivity contribution in [2.75, 3.05) is 5.32 Å². The number of hydrogen-bond donors (Lipinski definition) is 1. The molecule has 0 aliphatic rings. The summed E-state index contributed by atoms with van der Waals surface area (Å²) in [5.41, 5.74) is 3.50. The quantitative estimate of drug-likeness (QED) is 0.815. The first kappa shape index (κ1) is 14.9. The van der Waals surface area contributed by atoms with Gasteiger partial charge in [-0.25, -0.2) is 0 Å². The van der Waals surface area contributed by atoms with E-state index in [1.807, 2.05) is 12.1 Å². The van der Waals surface area contributed by atoms with E-state index in [0.717, 1.165) is 11.4 Å². The van der Waals surface area contributed by atoms with Gasteiger partial charge in [0.05, 0.1) is 12.3 Å². The molecular weight excluding hydrogens is 280 g/mol. The van der Waals surface area contributed by atoms with E-state index in [2.05, 4.69) is 31.3 Å². The van der Waals surface area contributed by atoms with Crippen molar-refractivity contribution < 1.29 is 13.2 Å². The predicted octanol–water partition coefficient (Wildman–Crippen LogP) is 4.96. The van der Waals surface area contributed by atoms with E-state index in [0.29, 0.717) is 24.1 Å². The van der Waals surface area contributed by atoms with Crippen LogP contribution in [0.4, 0.5) is 14.5 Å². The third-order valence-electron chi connectivity index (χ3n) is 3.04. The van der Waals surface area contributed by atoms with Gasteiger partial charge in [0.1, 0.15) is 11.5 Å². The Balaban J connectivity index is 1.89. The molecule has 0 unspecified atom stereocenters. The lowest BCUT2D eigenvalue weighted by Gasteiger charge is -2.07. The van der Waals surface area contributed by atoms with Gasteiger partial charge in [-0.15, -0.1) is 0 Å². The highest BCUT2D eigenvalue weighted by Crippen LogP contribution is 2.22. The highest BCUT2D eigenvalue weighted by atomic mass is 32.2. The van der Waals surface area contributed by atoms with Crippen LogP contribution in [0.2, 0.25) is 0 Å². The smallest absolute Gasteiger partial charge is 0.284 e. The Hall–Kier alpha value is -1.49. The van der Waals surface area contributed by atoms with Crippen LogP contribution in [0.15, 0.2) is 34.7 Å². The van der Waals surface area contributed by atoms with E-state index in [-0.39, 0.29) is 5.75 Å². The molecule has 1 aromatic heterocycles. The van der Waals surface area contributed by atoms with Crippen LogP contribution in [0, 0.1) is 13.8 Å². The molecule has 108 valence electrons. The normalized spacial score (nSPS) is 11.1. The lowest BCUT2D eigenvalue weighted by Crippen LogP contribution is -1.98. The summed E-state index contributed by atoms with van der Waals surface area (Å²) in [5, 5.41) is 3.26. The van der Waals surface area contributed by atoms with Gasteiger partial charge in [0, 0.05) is 5.69 Å². The molecule has 2 aromatic rings. The van der Waals surface area contributed by atoms with E-state index in [4.69, 9.17) is 4.42 Å². The Morgan fingerprint density at radius 1 is 1.10 bits per heavy atom. The van der Waals surface area contributed by atoms with E-state index >= 15 is 0 Å². The summed E-state index contributed by atoms with van der Waals surface area (Å²) in [5.74, 6) is -0.848. The molecule has 0 atom stereocenters. The maximum absolute atomic E-state index is 12.1. The number of furan rings is 1. The maximum atomic E-state index is 12.1. The summed E-state index contributed by atoms with van der Waals surface area (Å²) in [6, 6.07) is 9.71. The molecule has 0 spiro atoms. The van der Waals surface area contributed by atoms with Gasteiger partial charge < -0.3 is 9.73 Å². The maximum Gasteiger partial charge on any atom is 0.284 e. The fraction of sp³-hybridized carbons (Fsp3) is 0.333. The number of thioether (sulfide) groups is 1. The van der Waals surface area contributed by atoms with Gasteiger partial charge in [0.2, 0.25) is 0 Å². The Morgan fingerprint density at radius 2 is 1.85 bits per heavy atom. The number of anilines is 1. The second-order valence-electron chi connectivity index (χ2n) is 4.59. The lowest BCUT2D eigenvalue weighted by molar-refractivity contribution is 0.251. The summed E-state index contributed by atoms with van der Waals surface area (Å²) < 4.78 is 29.6. The summed E-state index contributed by atoms with van der Waals surface area (Å²) in [6.45, 7) is 4.67. The molecule has 2 nitrogen and oxygen atoms in total. The minimum absolute atomic E-state index is 0.196. The largest absolute Gasteiger partial charge is 0.463 e. The first-order valence-corrected chi connectivity index (χ1v) is 7.38. The molecule has 0 aliphatic carbocycles. The Kier molecular flexibility index (Phi) is 5.06. The van der Waals surface area contributed by atoms with Crippen LogP contribution in [0.1, 0.15) is 22.6 Å². The van der Waals surface area contributed by atoms with Crippen molar-refractivity contribution in [2.24, 2.45) is 0 Å². The molecule has 1 aromatic carbocycles. The van der Waals surface area contributed by atoms with Gasteiger partial charge in [0.15, 0.2) is 0 Å². The fourth-order valence-corrected chi connectivity index (χ4v) is 2.23. The zero-order valence-corrected chi connectivity index (χ0v) is 12.3. The van der Waals surface area contributed by atoms with Crippen LogP contribution < -0.4 is 5.32 Å². The third kappa shape index (κ3) is 4.27. The summed E-state index contributed by atoms with van der Waals surface area (Å²) >= 11 is 0.568. The SMILES string of the molecule is Cc1ccc(NCc2ccc(CSC(F)F)o2)cc1C. The van der Waals surface area contributed by atoms with E-state index in [9.17, 15) is 8.78 Å². The van der Waals surface area contributed by atoms with Crippen molar-refractivity contribution >= 4 is 17.4 Å². The van der Waals surface area contributed by atoms with E-state index in [1.165, 1.54) is 11.1 Å². The number of halogens is 2. The molecule has 0 aliphatic heterocycles. The minimum atomic E-state index is -2.36. The van der Waals surface area contributed by atoms with Gasteiger partial charge in [-0.05, 0) is 49.2 Å². The molecule has 0 saturated heterocycles. The highest BCUT2D eigenvalue weighted by molar-refractivity contribution is 7.98. The van der Waals surface area contributed by atoms with Gasteiger partial charge in [-0.1, -0.05) is 17.8 Å². The molecule has 0 fully saturated rings. The summed E-state index contributed by atoms with van der Waals surface area (Å²) in [6.07, 6.45) is 0. The standard InChI is InChI=1S/C15H17F2NOS/c1-10-3-4-12(7-11(10)2)18-8-13-5-6-14(19-13)9-20-15(16)17/h3-7,15,18H,8-9H2,1-2H3. The molecule has 0 saturated carbocycles. The van der Waals surface area contributed by atoms with Crippen molar-refractivity contribution in [1.29, 1.82) is 0 Å². The molecule has 0 amide bonds. The average molecular weight is 297 g/mol. The number of rotatable bonds is 6. The summed E-state index contributed by atoms with van der Waals surface area (Å²) in [4.78, 5) is 0. The lowest BCUT2D eigenvalue weighted by atomic mass is 10.1. The number of nitrogens with one attached hydrogen (secondary N) is 1. The molecule has 5 heteroatoms. The minimum Gasteiger partial charge on any atom is -0.463 e. The number of alkyl halides is 2. The molecule has 20 heavy (non-hydrogen) atoms. The Bertz CT molecular complexity index is 569. The average Bonchev–Trinajstić information content (AvgIpc) is 2.86. The second kappa shape index (κ2) is 6.79. The zero-order valence-electron chi connectivity index (χ0n) is 11.5. The Labute approximate surface area is 121 Å². The fourth-order valence-electron chi connectivity index (χ4n) is 1.78. The van der Waals surface area contributed by atoms with E-state index < -0.39 is 5.76 Å². The number of benzene rings is 1. The second-order valence-corrected chi connectivity index (χ2v) is 5.57. The van der Waals surface area contributed by atoms with Crippen LogP contribution in [0.5, 0.6) is 0 Å². The van der Waals surface area contributed by atoms with Crippen molar-refractivity contribution in [3.05, 3.63) is 53.0 Å². The number of aryl methyl sites for hydroxylation is 2. The molecule has 1 heterocycles. The van der Waals surface area contributed by atoms with Crippen LogP contribution >= 0.6 is 11.8 Å². The van der Waals surface area contributed by atoms with Crippen LogP contribution in [-0.4, -0.2) is 5.76 Å². The van der Waals surface area contributed by atoms with Crippen LogP contribution in [-0.2, 0) is 12.3 Å². The zero-order chi connectivity index (χ0) is 14.5. The van der Waals surface area contributed by atoms with Crippen LogP contribution in [0.25, 0.3) is 0 Å². The van der Waals surface area contributed by atoms with Crippen LogP contribution in [0.3, 0.4) is 0 Å². The molecular formula is C15H17F2NOS. The molecule has 2 rings (SSSR count). The predicted molar refractivity (Wildman–Crippen MR) is 79.2 cm³/mol. The monoisotopic (exact) mass is 297 g/mol. The van der Waals surface area contributed by atoms with Gasteiger partial charge in [0.25, 0.3) is 5.76 Å². The highest BCUT2D eigenvalue weighted by Gasteiger charge is 2.07. The molecule has 1 N–H and O–H groups in total.